The third kappa shape index (κ3) is 2.53. The molecule has 1 saturated heterocycles. The second-order valence-electron chi connectivity index (χ2n) is 5.78. The zero-order chi connectivity index (χ0) is 13.2. The number of aryl methyl sites for hydroxylation is 1. The Bertz CT molecular complexity index is 446. The van der Waals surface area contributed by atoms with E-state index in [1.807, 2.05) is 6.92 Å². The summed E-state index contributed by atoms with van der Waals surface area (Å²) in [6, 6.07) is 2.84. The predicted molar refractivity (Wildman–Crippen MR) is 78.6 cm³/mol. The van der Waals surface area contributed by atoms with Gasteiger partial charge in [0.2, 0.25) is 0 Å². The first kappa shape index (κ1) is 12.7. The first-order valence-electron chi connectivity index (χ1n) is 7.64. The van der Waals surface area contributed by atoms with Gasteiger partial charge in [-0.05, 0) is 39.0 Å². The zero-order valence-electron chi connectivity index (χ0n) is 12.0. The molecule has 19 heavy (non-hydrogen) atoms. The minimum absolute atomic E-state index is 0.720. The van der Waals surface area contributed by atoms with E-state index < -0.39 is 0 Å². The summed E-state index contributed by atoms with van der Waals surface area (Å²) in [5.74, 6) is 3.85. The number of nitrogens with zero attached hydrogens (tertiary/aromatic N) is 3. The Balaban J connectivity index is 1.85. The van der Waals surface area contributed by atoms with E-state index in [9.17, 15) is 0 Å². The number of anilines is 2. The molecule has 2 atom stereocenters. The van der Waals surface area contributed by atoms with Gasteiger partial charge in [-0.3, -0.25) is 0 Å². The molecule has 1 saturated carbocycles. The number of hydrogen-bond donors (Lipinski definition) is 1. The van der Waals surface area contributed by atoms with Gasteiger partial charge in [-0.15, -0.1) is 0 Å². The van der Waals surface area contributed by atoms with Gasteiger partial charge >= 0.3 is 0 Å². The number of rotatable bonds is 3. The lowest BCUT2D eigenvalue weighted by atomic mass is 9.85. The molecule has 0 aromatic carbocycles. The Morgan fingerprint density at radius 2 is 2.11 bits per heavy atom. The van der Waals surface area contributed by atoms with Gasteiger partial charge in [-0.25, -0.2) is 9.97 Å². The Morgan fingerprint density at radius 3 is 2.95 bits per heavy atom. The number of fused-ring (bicyclic) bond motifs is 1. The van der Waals surface area contributed by atoms with Crippen molar-refractivity contribution >= 4 is 11.6 Å². The quantitative estimate of drug-likeness (QED) is 0.907. The molecule has 104 valence electrons. The molecule has 0 radical (unpaired) electrons. The van der Waals surface area contributed by atoms with Crippen LogP contribution in [-0.4, -0.2) is 29.1 Å². The fourth-order valence-electron chi connectivity index (χ4n) is 3.66. The van der Waals surface area contributed by atoms with Crippen molar-refractivity contribution in [2.75, 3.05) is 23.3 Å². The Morgan fingerprint density at radius 1 is 1.26 bits per heavy atom. The van der Waals surface area contributed by atoms with Crippen LogP contribution < -0.4 is 10.2 Å². The smallest absolute Gasteiger partial charge is 0.134 e. The van der Waals surface area contributed by atoms with Gasteiger partial charge in [0.15, 0.2) is 0 Å². The van der Waals surface area contributed by atoms with Crippen molar-refractivity contribution in [1.82, 2.24) is 9.97 Å². The lowest BCUT2D eigenvalue weighted by molar-refractivity contribution is 0.341. The molecule has 0 bridgehead atoms. The van der Waals surface area contributed by atoms with Crippen LogP contribution in [0.2, 0.25) is 0 Å². The van der Waals surface area contributed by atoms with E-state index in [2.05, 4.69) is 33.2 Å². The van der Waals surface area contributed by atoms with Crippen LogP contribution in [0.4, 0.5) is 11.6 Å². The van der Waals surface area contributed by atoms with Crippen molar-refractivity contribution in [2.45, 2.75) is 52.0 Å². The van der Waals surface area contributed by atoms with Crippen molar-refractivity contribution in [3.8, 4) is 0 Å². The normalized spacial score (nSPS) is 26.3. The largest absolute Gasteiger partial charge is 0.370 e. The first-order chi connectivity index (χ1) is 9.28. The fraction of sp³-hybridized carbons (Fsp3) is 0.733. The van der Waals surface area contributed by atoms with Crippen LogP contribution in [0, 0.1) is 12.8 Å². The molecule has 4 nitrogen and oxygen atoms in total. The van der Waals surface area contributed by atoms with Crippen LogP contribution in [-0.2, 0) is 0 Å². The Kier molecular flexibility index (Phi) is 3.58. The van der Waals surface area contributed by atoms with E-state index in [4.69, 9.17) is 0 Å². The van der Waals surface area contributed by atoms with Gasteiger partial charge in [0.25, 0.3) is 0 Å². The molecule has 1 aliphatic heterocycles. The van der Waals surface area contributed by atoms with Gasteiger partial charge in [0, 0.05) is 25.2 Å². The molecule has 2 heterocycles. The van der Waals surface area contributed by atoms with Crippen LogP contribution in [0.25, 0.3) is 0 Å². The molecule has 1 N–H and O–H groups in total. The van der Waals surface area contributed by atoms with E-state index in [1.54, 1.807) is 0 Å². The van der Waals surface area contributed by atoms with Crippen LogP contribution >= 0.6 is 0 Å². The maximum Gasteiger partial charge on any atom is 0.134 e. The monoisotopic (exact) mass is 260 g/mol. The van der Waals surface area contributed by atoms with Crippen molar-refractivity contribution in [3.63, 3.8) is 0 Å². The molecule has 2 aliphatic rings. The Labute approximate surface area is 115 Å². The highest BCUT2D eigenvalue weighted by atomic mass is 15.2. The van der Waals surface area contributed by atoms with Crippen molar-refractivity contribution in [2.24, 2.45) is 5.92 Å². The minimum Gasteiger partial charge on any atom is -0.370 e. The second-order valence-corrected chi connectivity index (χ2v) is 5.78. The van der Waals surface area contributed by atoms with Crippen LogP contribution in [0.5, 0.6) is 0 Å². The lowest BCUT2D eigenvalue weighted by Gasteiger charge is -2.32. The molecule has 1 aromatic heterocycles. The highest BCUT2D eigenvalue weighted by molar-refractivity contribution is 5.51. The summed E-state index contributed by atoms with van der Waals surface area (Å²) in [6.45, 7) is 6.15. The van der Waals surface area contributed by atoms with E-state index in [-0.39, 0.29) is 0 Å². The summed E-state index contributed by atoms with van der Waals surface area (Å²) in [7, 11) is 0. The van der Waals surface area contributed by atoms with Gasteiger partial charge in [0.1, 0.15) is 17.5 Å². The number of hydrogen-bond acceptors (Lipinski definition) is 4. The summed E-state index contributed by atoms with van der Waals surface area (Å²) in [4.78, 5) is 11.6. The zero-order valence-corrected chi connectivity index (χ0v) is 12.0. The summed E-state index contributed by atoms with van der Waals surface area (Å²) in [6.07, 6.45) is 6.88. The van der Waals surface area contributed by atoms with Gasteiger partial charge < -0.3 is 10.2 Å². The average molecular weight is 260 g/mol. The van der Waals surface area contributed by atoms with E-state index in [0.717, 1.165) is 42.5 Å². The summed E-state index contributed by atoms with van der Waals surface area (Å²) < 4.78 is 0. The van der Waals surface area contributed by atoms with Crippen LogP contribution in [0.15, 0.2) is 6.07 Å². The highest BCUT2D eigenvalue weighted by Gasteiger charge is 2.36. The maximum atomic E-state index is 4.66. The molecule has 2 unspecified atom stereocenters. The summed E-state index contributed by atoms with van der Waals surface area (Å²) in [5.41, 5.74) is 0. The first-order valence-corrected chi connectivity index (χ1v) is 7.64. The summed E-state index contributed by atoms with van der Waals surface area (Å²) >= 11 is 0. The molecule has 0 amide bonds. The summed E-state index contributed by atoms with van der Waals surface area (Å²) in [5, 5.41) is 3.31. The van der Waals surface area contributed by atoms with Crippen molar-refractivity contribution in [1.29, 1.82) is 0 Å². The highest BCUT2D eigenvalue weighted by Crippen LogP contribution is 2.38. The van der Waals surface area contributed by atoms with E-state index in [0.29, 0.717) is 0 Å². The number of nitrogens with one attached hydrogen (secondary N) is 1. The molecule has 2 fully saturated rings. The van der Waals surface area contributed by atoms with E-state index in [1.165, 1.54) is 32.1 Å². The van der Waals surface area contributed by atoms with Crippen LogP contribution in [0.1, 0.15) is 44.9 Å². The van der Waals surface area contributed by atoms with E-state index >= 15 is 0 Å². The minimum atomic E-state index is 0.720. The number of aromatic nitrogens is 2. The van der Waals surface area contributed by atoms with Gasteiger partial charge in [-0.1, -0.05) is 12.8 Å². The fourth-order valence-corrected chi connectivity index (χ4v) is 3.66. The third-order valence-electron chi connectivity index (χ3n) is 4.49. The predicted octanol–water partition coefficient (Wildman–Crippen LogP) is 2.99. The van der Waals surface area contributed by atoms with Crippen molar-refractivity contribution < 1.29 is 0 Å². The molecular formula is C15H24N4. The maximum absolute atomic E-state index is 4.66. The SMILES string of the molecule is CCNc1cc(N2CCC3CCCCC32)nc(C)n1. The Hall–Kier alpha value is -1.32. The second kappa shape index (κ2) is 5.35. The standard InChI is InChI=1S/C15H24N4/c1-3-16-14-10-15(18-11(2)17-14)19-9-8-12-6-4-5-7-13(12)19/h10,12-13H,3-9H2,1-2H3,(H,16,17,18). The molecule has 1 aromatic rings. The lowest BCUT2D eigenvalue weighted by Crippen LogP contribution is -2.35. The third-order valence-corrected chi connectivity index (χ3v) is 4.49. The molecular weight excluding hydrogens is 236 g/mol. The molecule has 4 heteroatoms. The average Bonchev–Trinajstić information content (AvgIpc) is 2.82. The topological polar surface area (TPSA) is 41.0 Å². The van der Waals surface area contributed by atoms with Gasteiger partial charge in [0.05, 0.1) is 0 Å². The van der Waals surface area contributed by atoms with Crippen molar-refractivity contribution in [3.05, 3.63) is 11.9 Å². The molecule has 0 spiro atoms. The van der Waals surface area contributed by atoms with Gasteiger partial charge in [-0.2, -0.15) is 0 Å². The molecule has 1 aliphatic carbocycles. The van der Waals surface area contributed by atoms with Crippen LogP contribution in [0.3, 0.4) is 0 Å². The molecule has 3 rings (SSSR count).